The van der Waals surface area contributed by atoms with Crippen LogP contribution < -0.4 is 10.6 Å². The number of Topliss-reactive ketones (excluding diaryl/α,β-unsaturated/α-hetero) is 1. The average Bonchev–Trinajstić information content (AvgIpc) is 2.60. The van der Waals surface area contributed by atoms with E-state index in [1.54, 1.807) is 6.07 Å². The van der Waals surface area contributed by atoms with Crippen LogP contribution in [0.4, 0.5) is 10.5 Å². The number of hydrogen-bond donors (Lipinski definition) is 2. The molecule has 2 amide bonds. The Morgan fingerprint density at radius 3 is 2.96 bits per heavy atom. The van der Waals surface area contributed by atoms with Gasteiger partial charge in [0.1, 0.15) is 0 Å². The summed E-state index contributed by atoms with van der Waals surface area (Å²) in [4.78, 5) is 23.9. The van der Waals surface area contributed by atoms with Gasteiger partial charge in [0.05, 0.1) is 6.10 Å². The number of carbonyl (C=O) groups is 2. The van der Waals surface area contributed by atoms with E-state index in [-0.39, 0.29) is 11.8 Å². The summed E-state index contributed by atoms with van der Waals surface area (Å²) in [6.45, 7) is 1.51. The lowest BCUT2D eigenvalue weighted by molar-refractivity contribution is 0.0103. The Morgan fingerprint density at radius 2 is 2.12 bits per heavy atom. The Labute approximate surface area is 143 Å². The van der Waals surface area contributed by atoms with Crippen molar-refractivity contribution >= 4 is 17.5 Å². The van der Waals surface area contributed by atoms with Crippen molar-refractivity contribution in [2.45, 2.75) is 57.5 Å². The standard InChI is InChI=1S/C19H26N2O3/c22-18-8-3-5-14-9-10-15(13-17(14)18)21-19(23)20-11-4-7-16-6-1-2-12-24-16/h9-10,13,16H,1-8,11-12H2,(H2,20,21,23)/t16-/m0/s1. The molecule has 1 aromatic carbocycles. The van der Waals surface area contributed by atoms with Crippen LogP contribution in [0.15, 0.2) is 18.2 Å². The first kappa shape index (κ1) is 17.0. The molecule has 0 radical (unpaired) electrons. The van der Waals surface area contributed by atoms with Crippen molar-refractivity contribution in [3.8, 4) is 0 Å². The predicted molar refractivity (Wildman–Crippen MR) is 93.6 cm³/mol. The van der Waals surface area contributed by atoms with Crippen LogP contribution in [0.2, 0.25) is 0 Å². The summed E-state index contributed by atoms with van der Waals surface area (Å²) in [5, 5.41) is 5.69. The number of nitrogens with one attached hydrogen (secondary N) is 2. The van der Waals surface area contributed by atoms with Gasteiger partial charge >= 0.3 is 6.03 Å². The minimum Gasteiger partial charge on any atom is -0.378 e. The minimum absolute atomic E-state index is 0.174. The van der Waals surface area contributed by atoms with Gasteiger partial charge in [0.25, 0.3) is 0 Å². The Morgan fingerprint density at radius 1 is 1.21 bits per heavy atom. The molecule has 2 N–H and O–H groups in total. The van der Waals surface area contributed by atoms with E-state index in [1.807, 2.05) is 12.1 Å². The topological polar surface area (TPSA) is 67.4 Å². The minimum atomic E-state index is -0.220. The van der Waals surface area contributed by atoms with Crippen molar-refractivity contribution < 1.29 is 14.3 Å². The van der Waals surface area contributed by atoms with Gasteiger partial charge in [-0.15, -0.1) is 0 Å². The average molecular weight is 330 g/mol. The first-order valence-electron chi connectivity index (χ1n) is 9.05. The molecule has 0 aromatic heterocycles. The van der Waals surface area contributed by atoms with Crippen molar-refractivity contribution in [1.82, 2.24) is 5.32 Å². The van der Waals surface area contributed by atoms with Gasteiger partial charge in [-0.3, -0.25) is 4.79 Å². The lowest BCUT2D eigenvalue weighted by atomic mass is 9.90. The molecule has 1 aliphatic carbocycles. The first-order chi connectivity index (χ1) is 11.7. The van der Waals surface area contributed by atoms with Crippen molar-refractivity contribution in [2.75, 3.05) is 18.5 Å². The van der Waals surface area contributed by atoms with E-state index in [0.29, 0.717) is 24.8 Å². The fraction of sp³-hybridized carbons (Fsp3) is 0.579. The number of rotatable bonds is 5. The number of fused-ring (bicyclic) bond motifs is 1. The van der Waals surface area contributed by atoms with Crippen LogP contribution in [0, 0.1) is 0 Å². The molecule has 0 unspecified atom stereocenters. The van der Waals surface area contributed by atoms with Gasteiger partial charge in [-0.05, 0) is 62.6 Å². The summed E-state index contributed by atoms with van der Waals surface area (Å²) < 4.78 is 5.68. The first-order valence-corrected chi connectivity index (χ1v) is 9.05. The monoisotopic (exact) mass is 330 g/mol. The van der Waals surface area contributed by atoms with Gasteiger partial charge in [0.2, 0.25) is 0 Å². The fourth-order valence-corrected chi connectivity index (χ4v) is 3.45. The molecular formula is C19H26N2O3. The zero-order valence-corrected chi connectivity index (χ0v) is 14.1. The van der Waals surface area contributed by atoms with Gasteiger partial charge in [0, 0.05) is 30.8 Å². The number of anilines is 1. The van der Waals surface area contributed by atoms with E-state index in [4.69, 9.17) is 4.74 Å². The number of carbonyl (C=O) groups excluding carboxylic acids is 2. The molecule has 0 bridgehead atoms. The molecule has 0 saturated carbocycles. The maximum atomic E-state index is 12.0. The van der Waals surface area contributed by atoms with Gasteiger partial charge in [-0.25, -0.2) is 4.79 Å². The predicted octanol–water partition coefficient (Wildman–Crippen LogP) is 3.68. The highest BCUT2D eigenvalue weighted by Crippen LogP contribution is 2.24. The van der Waals surface area contributed by atoms with Crippen molar-refractivity contribution in [1.29, 1.82) is 0 Å². The lowest BCUT2D eigenvalue weighted by Gasteiger charge is -2.22. The molecule has 130 valence electrons. The maximum absolute atomic E-state index is 12.0. The highest BCUT2D eigenvalue weighted by Gasteiger charge is 2.17. The smallest absolute Gasteiger partial charge is 0.319 e. The zero-order chi connectivity index (χ0) is 16.8. The van der Waals surface area contributed by atoms with Crippen LogP contribution in [-0.4, -0.2) is 31.1 Å². The van der Waals surface area contributed by atoms with Crippen LogP contribution in [0.25, 0.3) is 0 Å². The molecule has 1 saturated heterocycles. The third-order valence-corrected chi connectivity index (χ3v) is 4.78. The van der Waals surface area contributed by atoms with Crippen LogP contribution in [0.5, 0.6) is 0 Å². The molecule has 1 atom stereocenters. The van der Waals surface area contributed by atoms with Gasteiger partial charge in [-0.1, -0.05) is 6.07 Å². The Kier molecular flexibility index (Phi) is 5.86. The van der Waals surface area contributed by atoms with E-state index in [1.165, 1.54) is 12.8 Å². The van der Waals surface area contributed by atoms with Crippen LogP contribution in [-0.2, 0) is 11.2 Å². The van der Waals surface area contributed by atoms with Crippen molar-refractivity contribution in [3.05, 3.63) is 29.3 Å². The van der Waals surface area contributed by atoms with Crippen LogP contribution >= 0.6 is 0 Å². The quantitative estimate of drug-likeness (QED) is 0.809. The largest absolute Gasteiger partial charge is 0.378 e. The second-order valence-corrected chi connectivity index (χ2v) is 6.66. The third-order valence-electron chi connectivity index (χ3n) is 4.78. The summed E-state index contributed by atoms with van der Waals surface area (Å²) in [5.41, 5.74) is 2.52. The molecule has 1 heterocycles. The molecule has 3 rings (SSSR count). The van der Waals surface area contributed by atoms with E-state index in [2.05, 4.69) is 10.6 Å². The fourth-order valence-electron chi connectivity index (χ4n) is 3.45. The summed E-state index contributed by atoms with van der Waals surface area (Å²) >= 11 is 0. The zero-order valence-electron chi connectivity index (χ0n) is 14.1. The highest BCUT2D eigenvalue weighted by atomic mass is 16.5. The summed E-state index contributed by atoms with van der Waals surface area (Å²) in [6, 6.07) is 5.39. The number of urea groups is 1. The number of benzene rings is 1. The number of ketones is 1. The van der Waals surface area contributed by atoms with Gasteiger partial charge in [-0.2, -0.15) is 0 Å². The summed E-state index contributed by atoms with van der Waals surface area (Å²) in [7, 11) is 0. The molecule has 2 aliphatic rings. The van der Waals surface area contributed by atoms with Gasteiger partial charge in [0.15, 0.2) is 5.78 Å². The van der Waals surface area contributed by atoms with Crippen molar-refractivity contribution in [2.24, 2.45) is 0 Å². The normalized spacial score (nSPS) is 20.3. The SMILES string of the molecule is O=C(NCCC[C@@H]1CCCCO1)Nc1ccc2c(c1)C(=O)CCC2. The molecule has 1 fully saturated rings. The second kappa shape index (κ2) is 8.29. The Bertz CT molecular complexity index is 594. The molecule has 1 aromatic rings. The van der Waals surface area contributed by atoms with Crippen LogP contribution in [0.1, 0.15) is 60.9 Å². The number of ether oxygens (including phenoxy) is 1. The lowest BCUT2D eigenvalue weighted by Crippen LogP contribution is -2.30. The number of hydrogen-bond acceptors (Lipinski definition) is 3. The Balaban J connectivity index is 1.41. The maximum Gasteiger partial charge on any atom is 0.319 e. The van der Waals surface area contributed by atoms with E-state index < -0.39 is 0 Å². The van der Waals surface area contributed by atoms with Gasteiger partial charge < -0.3 is 15.4 Å². The van der Waals surface area contributed by atoms with Crippen LogP contribution in [0.3, 0.4) is 0 Å². The molecule has 24 heavy (non-hydrogen) atoms. The number of aryl methyl sites for hydroxylation is 1. The molecule has 0 spiro atoms. The van der Waals surface area contributed by atoms with E-state index >= 15 is 0 Å². The van der Waals surface area contributed by atoms with E-state index in [9.17, 15) is 9.59 Å². The molecule has 1 aliphatic heterocycles. The second-order valence-electron chi connectivity index (χ2n) is 6.66. The highest BCUT2D eigenvalue weighted by molar-refractivity contribution is 6.00. The third kappa shape index (κ3) is 4.57. The molecule has 5 nitrogen and oxygen atoms in total. The summed E-state index contributed by atoms with van der Waals surface area (Å²) in [5.74, 6) is 0.174. The molecule has 5 heteroatoms. The summed E-state index contributed by atoms with van der Waals surface area (Å²) in [6.07, 6.45) is 8.28. The Hall–Kier alpha value is -1.88. The van der Waals surface area contributed by atoms with Crippen molar-refractivity contribution in [3.63, 3.8) is 0 Å². The number of amides is 2. The van der Waals surface area contributed by atoms with E-state index in [0.717, 1.165) is 49.8 Å². The molecular weight excluding hydrogens is 304 g/mol.